The molecule has 0 radical (unpaired) electrons. The van der Waals surface area contributed by atoms with E-state index in [9.17, 15) is 9.90 Å². The van der Waals surface area contributed by atoms with Gasteiger partial charge in [-0.1, -0.05) is 61.7 Å². The first-order valence-electron chi connectivity index (χ1n) is 8.77. The van der Waals surface area contributed by atoms with Gasteiger partial charge in [-0.15, -0.1) is 0 Å². The highest BCUT2D eigenvalue weighted by molar-refractivity contribution is 5.94. The molecular weight excluding hydrogens is 298 g/mol. The molecule has 1 fully saturated rings. The van der Waals surface area contributed by atoms with E-state index in [0.29, 0.717) is 12.1 Å². The number of rotatable bonds is 5. The molecule has 0 aliphatic heterocycles. The van der Waals surface area contributed by atoms with E-state index in [1.165, 1.54) is 6.42 Å². The first kappa shape index (κ1) is 16.7. The highest BCUT2D eigenvalue weighted by Gasteiger charge is 2.31. The molecule has 2 aromatic rings. The topological polar surface area (TPSA) is 49.3 Å². The first-order valence-corrected chi connectivity index (χ1v) is 8.77. The number of benzene rings is 2. The zero-order chi connectivity index (χ0) is 16.8. The van der Waals surface area contributed by atoms with Crippen molar-refractivity contribution in [3.63, 3.8) is 0 Å². The Morgan fingerprint density at radius 2 is 1.54 bits per heavy atom. The van der Waals surface area contributed by atoms with Gasteiger partial charge in [-0.2, -0.15) is 0 Å². The van der Waals surface area contributed by atoms with Gasteiger partial charge in [-0.25, -0.2) is 0 Å². The van der Waals surface area contributed by atoms with E-state index >= 15 is 0 Å². The maximum Gasteiger partial charge on any atom is 0.251 e. The number of aliphatic hydroxyl groups is 1. The lowest BCUT2D eigenvalue weighted by Crippen LogP contribution is -2.41. The van der Waals surface area contributed by atoms with Gasteiger partial charge in [0, 0.05) is 17.5 Å². The van der Waals surface area contributed by atoms with Crippen molar-refractivity contribution < 1.29 is 9.90 Å². The van der Waals surface area contributed by atoms with E-state index in [4.69, 9.17) is 0 Å². The number of nitrogens with one attached hydrogen (secondary N) is 1. The van der Waals surface area contributed by atoms with Crippen LogP contribution >= 0.6 is 0 Å². The molecule has 0 heterocycles. The molecule has 1 saturated carbocycles. The average molecular weight is 323 g/mol. The largest absolute Gasteiger partial charge is 0.396 e. The number of carbonyl (C=O) groups is 1. The molecule has 0 unspecified atom stereocenters. The van der Waals surface area contributed by atoms with Crippen LogP contribution in [0.3, 0.4) is 0 Å². The normalized spacial score (nSPS) is 16.5. The molecule has 1 aliphatic rings. The molecule has 126 valence electrons. The molecule has 3 nitrogen and oxygen atoms in total. The van der Waals surface area contributed by atoms with Gasteiger partial charge in [0.1, 0.15) is 0 Å². The Labute approximate surface area is 143 Å². The number of amides is 1. The van der Waals surface area contributed by atoms with Crippen molar-refractivity contribution in [2.75, 3.05) is 13.2 Å². The summed E-state index contributed by atoms with van der Waals surface area (Å²) in [7, 11) is 0. The fraction of sp³-hybridized carbons (Fsp3) is 0.381. The average Bonchev–Trinajstić information content (AvgIpc) is 2.68. The third-order valence-corrected chi connectivity index (χ3v) is 5.13. The van der Waals surface area contributed by atoms with Crippen LogP contribution in [-0.4, -0.2) is 24.2 Å². The van der Waals surface area contributed by atoms with E-state index in [-0.39, 0.29) is 17.9 Å². The van der Waals surface area contributed by atoms with Gasteiger partial charge >= 0.3 is 0 Å². The quantitative estimate of drug-likeness (QED) is 0.873. The molecule has 1 amide bonds. The van der Waals surface area contributed by atoms with Gasteiger partial charge in [0.2, 0.25) is 0 Å². The second kappa shape index (κ2) is 7.63. The zero-order valence-electron chi connectivity index (χ0n) is 14.0. The van der Waals surface area contributed by atoms with Crippen molar-refractivity contribution in [2.45, 2.75) is 32.1 Å². The molecule has 2 aromatic carbocycles. The summed E-state index contributed by atoms with van der Waals surface area (Å²) in [6.45, 7) is 0.711. The van der Waals surface area contributed by atoms with Crippen molar-refractivity contribution in [3.8, 4) is 11.1 Å². The Hall–Kier alpha value is -2.13. The fourth-order valence-corrected chi connectivity index (χ4v) is 3.51. The standard InChI is InChI=1S/C21H25NO2/c23-16-21(13-5-2-6-14-21)15-22-20(24)19-11-9-18(10-12-19)17-7-3-1-4-8-17/h1,3-4,7-12,23H,2,5-6,13-16H2,(H,22,24). The Kier molecular flexibility index (Phi) is 5.31. The number of aliphatic hydroxyl groups excluding tert-OH is 1. The van der Waals surface area contributed by atoms with Crippen LogP contribution in [-0.2, 0) is 0 Å². The van der Waals surface area contributed by atoms with Crippen molar-refractivity contribution in [1.82, 2.24) is 5.32 Å². The van der Waals surface area contributed by atoms with Crippen LogP contribution < -0.4 is 5.32 Å². The Balaban J connectivity index is 1.63. The molecular formula is C21H25NO2. The zero-order valence-corrected chi connectivity index (χ0v) is 14.0. The van der Waals surface area contributed by atoms with Crippen LogP contribution in [0.4, 0.5) is 0 Å². The van der Waals surface area contributed by atoms with E-state index in [1.807, 2.05) is 42.5 Å². The molecule has 0 bridgehead atoms. The summed E-state index contributed by atoms with van der Waals surface area (Å²) in [6, 6.07) is 17.8. The Bertz CT molecular complexity index is 658. The second-order valence-electron chi connectivity index (χ2n) is 6.84. The Morgan fingerprint density at radius 3 is 2.17 bits per heavy atom. The lowest BCUT2D eigenvalue weighted by molar-refractivity contribution is 0.0718. The molecule has 0 saturated heterocycles. The van der Waals surface area contributed by atoms with E-state index < -0.39 is 0 Å². The lowest BCUT2D eigenvalue weighted by atomic mass is 9.74. The van der Waals surface area contributed by atoms with Crippen LogP contribution in [0.25, 0.3) is 11.1 Å². The monoisotopic (exact) mass is 323 g/mol. The molecule has 0 spiro atoms. The molecule has 3 rings (SSSR count). The van der Waals surface area contributed by atoms with Crippen molar-refractivity contribution in [2.24, 2.45) is 5.41 Å². The smallest absolute Gasteiger partial charge is 0.251 e. The number of hydrogen-bond acceptors (Lipinski definition) is 2. The predicted molar refractivity (Wildman–Crippen MR) is 96.8 cm³/mol. The Morgan fingerprint density at radius 1 is 0.917 bits per heavy atom. The van der Waals surface area contributed by atoms with Crippen molar-refractivity contribution in [1.29, 1.82) is 0 Å². The minimum absolute atomic E-state index is 0.0620. The van der Waals surface area contributed by atoms with Gasteiger partial charge in [0.15, 0.2) is 0 Å². The highest BCUT2D eigenvalue weighted by Crippen LogP contribution is 2.35. The second-order valence-corrected chi connectivity index (χ2v) is 6.84. The van der Waals surface area contributed by atoms with Gasteiger partial charge in [-0.05, 0) is 36.1 Å². The van der Waals surface area contributed by atoms with Crippen molar-refractivity contribution in [3.05, 3.63) is 60.2 Å². The lowest BCUT2D eigenvalue weighted by Gasteiger charge is -2.35. The minimum Gasteiger partial charge on any atom is -0.396 e. The van der Waals surface area contributed by atoms with E-state index in [2.05, 4.69) is 17.4 Å². The van der Waals surface area contributed by atoms with E-state index in [1.54, 1.807) is 0 Å². The summed E-state index contributed by atoms with van der Waals surface area (Å²) in [5.41, 5.74) is 2.79. The van der Waals surface area contributed by atoms with Crippen LogP contribution in [0.1, 0.15) is 42.5 Å². The van der Waals surface area contributed by atoms with E-state index in [0.717, 1.165) is 36.8 Å². The molecule has 0 atom stereocenters. The summed E-state index contributed by atoms with van der Waals surface area (Å²) in [6.07, 6.45) is 5.51. The third-order valence-electron chi connectivity index (χ3n) is 5.13. The first-order chi connectivity index (χ1) is 11.7. The summed E-state index contributed by atoms with van der Waals surface area (Å²) in [5.74, 6) is -0.0620. The summed E-state index contributed by atoms with van der Waals surface area (Å²) in [4.78, 5) is 12.4. The van der Waals surface area contributed by atoms with Crippen LogP contribution in [0.5, 0.6) is 0 Å². The van der Waals surface area contributed by atoms with Crippen LogP contribution in [0.2, 0.25) is 0 Å². The predicted octanol–water partition coefficient (Wildman–Crippen LogP) is 4.03. The van der Waals surface area contributed by atoms with Gasteiger partial charge in [0.25, 0.3) is 5.91 Å². The number of hydrogen-bond donors (Lipinski definition) is 2. The molecule has 2 N–H and O–H groups in total. The molecule has 0 aromatic heterocycles. The van der Waals surface area contributed by atoms with Crippen LogP contribution in [0.15, 0.2) is 54.6 Å². The van der Waals surface area contributed by atoms with Gasteiger partial charge < -0.3 is 10.4 Å². The fourth-order valence-electron chi connectivity index (χ4n) is 3.51. The maximum atomic E-state index is 12.4. The summed E-state index contributed by atoms with van der Waals surface area (Å²) < 4.78 is 0. The van der Waals surface area contributed by atoms with Gasteiger partial charge in [-0.3, -0.25) is 4.79 Å². The third kappa shape index (κ3) is 3.85. The summed E-state index contributed by atoms with van der Waals surface area (Å²) >= 11 is 0. The highest BCUT2D eigenvalue weighted by atomic mass is 16.3. The maximum absolute atomic E-state index is 12.4. The molecule has 24 heavy (non-hydrogen) atoms. The SMILES string of the molecule is O=C(NCC1(CO)CCCCC1)c1ccc(-c2ccccc2)cc1. The summed E-state index contributed by atoms with van der Waals surface area (Å²) in [5, 5.41) is 12.8. The van der Waals surface area contributed by atoms with Crippen LogP contribution in [0, 0.1) is 5.41 Å². The number of carbonyl (C=O) groups excluding carboxylic acids is 1. The van der Waals surface area contributed by atoms with Gasteiger partial charge in [0.05, 0.1) is 6.61 Å². The molecule has 3 heteroatoms. The minimum atomic E-state index is -0.127. The van der Waals surface area contributed by atoms with Crippen molar-refractivity contribution >= 4 is 5.91 Å². The molecule has 1 aliphatic carbocycles.